The molecule has 0 spiro atoms. The number of amides is 3. The van der Waals surface area contributed by atoms with Crippen molar-refractivity contribution >= 4 is 23.5 Å². The van der Waals surface area contributed by atoms with E-state index in [1.807, 2.05) is 19.1 Å². The number of fused-ring (bicyclic) bond motifs is 1. The number of hydrogen-bond donors (Lipinski definition) is 3. The molecule has 8 nitrogen and oxygen atoms in total. The van der Waals surface area contributed by atoms with Crippen molar-refractivity contribution in [1.82, 2.24) is 20.9 Å². The van der Waals surface area contributed by atoms with E-state index in [-0.39, 0.29) is 23.8 Å². The van der Waals surface area contributed by atoms with Crippen LogP contribution in [0.1, 0.15) is 69.4 Å². The summed E-state index contributed by atoms with van der Waals surface area (Å²) >= 11 is 0. The third-order valence-corrected chi connectivity index (χ3v) is 8.45. The summed E-state index contributed by atoms with van der Waals surface area (Å²) in [6, 6.07) is 6.45. The fourth-order valence-corrected chi connectivity index (χ4v) is 6.08. The second-order valence-electron chi connectivity index (χ2n) is 10.9. The van der Waals surface area contributed by atoms with Crippen molar-refractivity contribution in [3.05, 3.63) is 35.4 Å². The van der Waals surface area contributed by atoms with Gasteiger partial charge in [-0.2, -0.15) is 0 Å². The number of hydrogen-bond acceptors (Lipinski definition) is 5. The summed E-state index contributed by atoms with van der Waals surface area (Å²) in [4.78, 5) is 54.2. The molecule has 4 rings (SSSR count). The molecule has 3 amide bonds. The Morgan fingerprint density at radius 2 is 1.73 bits per heavy atom. The van der Waals surface area contributed by atoms with Gasteiger partial charge in [-0.15, -0.1) is 0 Å². The highest BCUT2D eigenvalue weighted by molar-refractivity contribution is 6.38. The van der Waals surface area contributed by atoms with E-state index in [1.54, 1.807) is 11.9 Å². The molecular formula is C29H42N4O4. The fraction of sp³-hybridized carbons (Fsp3) is 0.655. The zero-order valence-electron chi connectivity index (χ0n) is 22.3. The normalized spacial score (nSPS) is 21.1. The van der Waals surface area contributed by atoms with E-state index in [9.17, 15) is 19.2 Å². The standard InChI is InChI=1S/C29H42N4O4/c1-3-15-31-28(36)26(34)23(14-13-19-8-6-9-19)32-27(35)24-12-7-16-33(24)29(37)25(30-2)22-17-20-10-4-5-11-21(20)18-22/h4-5,10-11,19,22-25,30H,3,6-9,12-18H2,1-2H3,(H,31,36)(H,32,35). The van der Waals surface area contributed by atoms with Crippen molar-refractivity contribution in [3.63, 3.8) is 0 Å². The second kappa shape index (κ2) is 12.7. The Hall–Kier alpha value is -2.74. The van der Waals surface area contributed by atoms with Crippen molar-refractivity contribution in [3.8, 4) is 0 Å². The second-order valence-corrected chi connectivity index (χ2v) is 10.9. The minimum atomic E-state index is -0.855. The van der Waals surface area contributed by atoms with Crippen LogP contribution in [0.5, 0.6) is 0 Å². The Labute approximate surface area is 220 Å². The Bertz CT molecular complexity index is 967. The largest absolute Gasteiger partial charge is 0.349 e. The molecule has 202 valence electrons. The molecule has 37 heavy (non-hydrogen) atoms. The molecule has 2 aliphatic carbocycles. The summed E-state index contributed by atoms with van der Waals surface area (Å²) in [7, 11) is 1.81. The smallest absolute Gasteiger partial charge is 0.289 e. The Kier molecular flexibility index (Phi) is 9.35. The molecule has 3 aliphatic rings. The van der Waals surface area contributed by atoms with E-state index >= 15 is 0 Å². The van der Waals surface area contributed by atoms with Gasteiger partial charge in [0.15, 0.2) is 0 Å². The average molecular weight is 511 g/mol. The molecule has 8 heteroatoms. The summed E-state index contributed by atoms with van der Waals surface area (Å²) in [6.45, 7) is 2.87. The first-order valence-electron chi connectivity index (χ1n) is 14.1. The fourth-order valence-electron chi connectivity index (χ4n) is 6.08. The molecule has 0 bridgehead atoms. The molecule has 3 atom stereocenters. The maximum atomic E-state index is 13.7. The van der Waals surface area contributed by atoms with Gasteiger partial charge >= 0.3 is 0 Å². The molecule has 1 aromatic rings. The van der Waals surface area contributed by atoms with Gasteiger partial charge in [0.2, 0.25) is 17.6 Å². The summed E-state index contributed by atoms with van der Waals surface area (Å²) < 4.78 is 0. The van der Waals surface area contributed by atoms with Gasteiger partial charge in [-0.1, -0.05) is 50.5 Å². The maximum absolute atomic E-state index is 13.7. The highest BCUT2D eigenvalue weighted by Gasteiger charge is 2.41. The van der Waals surface area contributed by atoms with E-state index in [2.05, 4.69) is 28.1 Å². The summed E-state index contributed by atoms with van der Waals surface area (Å²) in [5.74, 6) is -0.924. The molecule has 2 fully saturated rings. The lowest BCUT2D eigenvalue weighted by atomic mass is 9.81. The summed E-state index contributed by atoms with van der Waals surface area (Å²) in [6.07, 6.45) is 8.44. The van der Waals surface area contributed by atoms with Gasteiger partial charge in [-0.25, -0.2) is 0 Å². The predicted molar refractivity (Wildman–Crippen MR) is 142 cm³/mol. The van der Waals surface area contributed by atoms with Crippen LogP contribution in [0, 0.1) is 11.8 Å². The Morgan fingerprint density at radius 1 is 1.03 bits per heavy atom. The van der Waals surface area contributed by atoms with Crippen LogP contribution in [0.15, 0.2) is 24.3 Å². The molecule has 0 radical (unpaired) electrons. The molecule has 1 saturated heterocycles. The molecule has 3 unspecified atom stereocenters. The molecule has 1 heterocycles. The third kappa shape index (κ3) is 6.40. The van der Waals surface area contributed by atoms with Crippen LogP contribution < -0.4 is 16.0 Å². The number of likely N-dealkylation sites (N-methyl/N-ethyl adjacent to an activating group) is 1. The molecule has 0 aromatic heterocycles. The lowest BCUT2D eigenvalue weighted by molar-refractivity contribution is -0.143. The maximum Gasteiger partial charge on any atom is 0.289 e. The molecule has 3 N–H and O–H groups in total. The minimum absolute atomic E-state index is 0.0593. The number of likely N-dealkylation sites (tertiary alicyclic amines) is 1. The quantitative estimate of drug-likeness (QED) is 0.374. The monoisotopic (exact) mass is 510 g/mol. The van der Waals surface area contributed by atoms with Gasteiger partial charge in [-0.3, -0.25) is 19.2 Å². The zero-order chi connectivity index (χ0) is 26.4. The van der Waals surface area contributed by atoms with Crippen molar-refractivity contribution in [1.29, 1.82) is 0 Å². The minimum Gasteiger partial charge on any atom is -0.349 e. The highest BCUT2D eigenvalue weighted by Crippen LogP contribution is 2.32. The van der Waals surface area contributed by atoms with E-state index in [0.717, 1.165) is 44.9 Å². The number of nitrogens with zero attached hydrogens (tertiary/aromatic N) is 1. The number of carbonyl (C=O) groups is 4. The zero-order valence-corrected chi connectivity index (χ0v) is 22.3. The van der Waals surface area contributed by atoms with E-state index in [4.69, 9.17) is 0 Å². The van der Waals surface area contributed by atoms with Crippen molar-refractivity contribution in [2.75, 3.05) is 20.1 Å². The lowest BCUT2D eigenvalue weighted by Gasteiger charge is -2.32. The molecule has 1 aliphatic heterocycles. The van der Waals surface area contributed by atoms with Crippen molar-refractivity contribution in [2.45, 2.75) is 89.3 Å². The van der Waals surface area contributed by atoms with Crippen LogP contribution in [0.2, 0.25) is 0 Å². The number of rotatable bonds is 12. The van der Waals surface area contributed by atoms with Crippen LogP contribution in [0.4, 0.5) is 0 Å². The topological polar surface area (TPSA) is 108 Å². The lowest BCUT2D eigenvalue weighted by Crippen LogP contribution is -2.56. The Morgan fingerprint density at radius 3 is 2.32 bits per heavy atom. The average Bonchev–Trinajstić information content (AvgIpc) is 3.53. The number of carbonyl (C=O) groups excluding carboxylic acids is 4. The van der Waals surface area contributed by atoms with Crippen molar-refractivity contribution in [2.24, 2.45) is 11.8 Å². The Balaban J connectivity index is 1.41. The first kappa shape index (κ1) is 27.3. The van der Waals surface area contributed by atoms with Crippen LogP contribution in [0.25, 0.3) is 0 Å². The van der Waals surface area contributed by atoms with Gasteiger partial charge in [-0.05, 0) is 75.0 Å². The van der Waals surface area contributed by atoms with E-state index < -0.39 is 23.8 Å². The summed E-state index contributed by atoms with van der Waals surface area (Å²) in [5.41, 5.74) is 2.57. The highest BCUT2D eigenvalue weighted by atomic mass is 16.2. The van der Waals surface area contributed by atoms with Crippen molar-refractivity contribution < 1.29 is 19.2 Å². The first-order valence-corrected chi connectivity index (χ1v) is 14.1. The van der Waals surface area contributed by atoms with Crippen LogP contribution in [-0.4, -0.2) is 66.7 Å². The number of Topliss-reactive ketones (excluding diaryl/α,β-unsaturated/α-hetero) is 1. The summed E-state index contributed by atoms with van der Waals surface area (Å²) in [5, 5.41) is 8.75. The first-order chi connectivity index (χ1) is 17.9. The van der Waals surface area contributed by atoms with E-state index in [1.165, 1.54) is 17.5 Å². The van der Waals surface area contributed by atoms with Crippen LogP contribution >= 0.6 is 0 Å². The van der Waals surface area contributed by atoms with Crippen LogP contribution in [0.3, 0.4) is 0 Å². The van der Waals surface area contributed by atoms with Gasteiger partial charge in [0.25, 0.3) is 5.91 Å². The van der Waals surface area contributed by atoms with Gasteiger partial charge in [0.1, 0.15) is 6.04 Å². The number of ketones is 1. The number of nitrogens with one attached hydrogen (secondary N) is 3. The van der Waals surface area contributed by atoms with Gasteiger partial charge < -0.3 is 20.9 Å². The SMILES string of the molecule is CCCNC(=O)C(=O)C(CCC1CCC1)NC(=O)C1CCCN1C(=O)C(NC)C1Cc2ccccc2C1. The van der Waals surface area contributed by atoms with Gasteiger partial charge in [0.05, 0.1) is 12.1 Å². The molecule has 1 aromatic carbocycles. The molecule has 1 saturated carbocycles. The molecular weight excluding hydrogens is 468 g/mol. The third-order valence-electron chi connectivity index (χ3n) is 8.45. The predicted octanol–water partition coefficient (Wildman–Crippen LogP) is 2.14. The van der Waals surface area contributed by atoms with E-state index in [0.29, 0.717) is 31.8 Å². The van der Waals surface area contributed by atoms with Gasteiger partial charge in [0, 0.05) is 13.1 Å². The number of benzene rings is 1. The van der Waals surface area contributed by atoms with Crippen LogP contribution in [-0.2, 0) is 32.0 Å².